The van der Waals surface area contributed by atoms with Crippen LogP contribution in [0.25, 0.3) is 0 Å². The molecule has 0 aliphatic heterocycles. The minimum atomic E-state index is -0.328. The highest BCUT2D eigenvalue weighted by atomic mass is 16.6. The first kappa shape index (κ1) is 14.9. The molecule has 1 aliphatic rings. The SMILES string of the molecule is CCNC1CCc2cc(OCC(=O)OC(C)C)ccc21. The summed E-state index contributed by atoms with van der Waals surface area (Å²) in [5.41, 5.74) is 2.66. The second-order valence-electron chi connectivity index (χ2n) is 5.34. The van der Waals surface area contributed by atoms with Crippen LogP contribution < -0.4 is 10.1 Å². The molecule has 1 aliphatic carbocycles. The molecule has 0 aromatic heterocycles. The van der Waals surface area contributed by atoms with Crippen LogP contribution in [0.2, 0.25) is 0 Å². The molecule has 0 radical (unpaired) electrons. The van der Waals surface area contributed by atoms with Gasteiger partial charge in [0.2, 0.25) is 0 Å². The summed E-state index contributed by atoms with van der Waals surface area (Å²) < 4.78 is 10.5. The Hall–Kier alpha value is -1.55. The molecule has 4 nitrogen and oxygen atoms in total. The van der Waals surface area contributed by atoms with Gasteiger partial charge in [0.15, 0.2) is 6.61 Å². The molecule has 0 bridgehead atoms. The summed E-state index contributed by atoms with van der Waals surface area (Å²) in [5, 5.41) is 3.48. The van der Waals surface area contributed by atoms with Gasteiger partial charge in [-0.15, -0.1) is 0 Å². The molecule has 0 fully saturated rings. The van der Waals surface area contributed by atoms with Crippen molar-refractivity contribution in [3.8, 4) is 5.75 Å². The van der Waals surface area contributed by atoms with Crippen LogP contribution in [0.5, 0.6) is 5.75 Å². The monoisotopic (exact) mass is 277 g/mol. The number of nitrogens with one attached hydrogen (secondary N) is 1. The zero-order chi connectivity index (χ0) is 14.5. The van der Waals surface area contributed by atoms with Crippen molar-refractivity contribution in [1.82, 2.24) is 5.32 Å². The van der Waals surface area contributed by atoms with Gasteiger partial charge in [-0.25, -0.2) is 4.79 Å². The van der Waals surface area contributed by atoms with E-state index >= 15 is 0 Å². The molecule has 0 saturated heterocycles. The third-order valence-electron chi connectivity index (χ3n) is 3.37. The van der Waals surface area contributed by atoms with Crippen LogP contribution in [0.3, 0.4) is 0 Å². The van der Waals surface area contributed by atoms with E-state index in [1.165, 1.54) is 11.1 Å². The van der Waals surface area contributed by atoms with Crippen molar-refractivity contribution >= 4 is 5.97 Å². The van der Waals surface area contributed by atoms with Crippen molar-refractivity contribution < 1.29 is 14.3 Å². The van der Waals surface area contributed by atoms with Crippen LogP contribution in [0.1, 0.15) is 44.4 Å². The van der Waals surface area contributed by atoms with E-state index in [4.69, 9.17) is 9.47 Å². The van der Waals surface area contributed by atoms with E-state index in [-0.39, 0.29) is 18.7 Å². The Bertz CT molecular complexity index is 471. The van der Waals surface area contributed by atoms with Gasteiger partial charge in [-0.2, -0.15) is 0 Å². The van der Waals surface area contributed by atoms with Gasteiger partial charge in [-0.05, 0) is 56.5 Å². The number of ether oxygens (including phenoxy) is 2. The molecule has 2 rings (SSSR count). The van der Waals surface area contributed by atoms with Gasteiger partial charge in [0, 0.05) is 6.04 Å². The van der Waals surface area contributed by atoms with Crippen molar-refractivity contribution in [1.29, 1.82) is 0 Å². The number of hydrogen-bond donors (Lipinski definition) is 1. The normalized spacial score (nSPS) is 17.1. The largest absolute Gasteiger partial charge is 0.482 e. The third kappa shape index (κ3) is 3.73. The molecule has 1 aromatic carbocycles. The lowest BCUT2D eigenvalue weighted by Crippen LogP contribution is -2.19. The van der Waals surface area contributed by atoms with E-state index in [2.05, 4.69) is 18.3 Å². The molecule has 110 valence electrons. The standard InChI is InChI=1S/C16H23NO3/c1-4-17-15-8-5-12-9-13(6-7-14(12)15)19-10-16(18)20-11(2)3/h6-7,9,11,15,17H,4-5,8,10H2,1-3H3. The Morgan fingerprint density at radius 3 is 2.95 bits per heavy atom. The zero-order valence-electron chi connectivity index (χ0n) is 12.4. The Labute approximate surface area is 120 Å². The minimum absolute atomic E-state index is 0.0341. The van der Waals surface area contributed by atoms with Gasteiger partial charge in [0.05, 0.1) is 6.10 Å². The van der Waals surface area contributed by atoms with Crippen LogP contribution in [-0.4, -0.2) is 25.2 Å². The second-order valence-corrected chi connectivity index (χ2v) is 5.34. The molecule has 1 unspecified atom stereocenters. The molecule has 0 heterocycles. The zero-order valence-corrected chi connectivity index (χ0v) is 12.4. The molecule has 0 saturated carbocycles. The Morgan fingerprint density at radius 2 is 2.25 bits per heavy atom. The molecule has 4 heteroatoms. The Kier molecular flexibility index (Phi) is 5.01. The van der Waals surface area contributed by atoms with Crippen molar-refractivity contribution in [2.75, 3.05) is 13.2 Å². The maximum Gasteiger partial charge on any atom is 0.344 e. The number of aryl methyl sites for hydroxylation is 1. The van der Waals surface area contributed by atoms with Crippen molar-refractivity contribution in [3.05, 3.63) is 29.3 Å². The van der Waals surface area contributed by atoms with Crippen LogP contribution in [-0.2, 0) is 16.0 Å². The first-order valence-electron chi connectivity index (χ1n) is 7.28. The van der Waals surface area contributed by atoms with Crippen LogP contribution in [0.4, 0.5) is 0 Å². The van der Waals surface area contributed by atoms with E-state index in [1.54, 1.807) is 0 Å². The fraction of sp³-hybridized carbons (Fsp3) is 0.562. The molecule has 1 aromatic rings. The molecule has 1 atom stereocenters. The fourth-order valence-electron chi connectivity index (χ4n) is 2.58. The number of fused-ring (bicyclic) bond motifs is 1. The smallest absolute Gasteiger partial charge is 0.344 e. The van der Waals surface area contributed by atoms with Crippen LogP contribution in [0, 0.1) is 0 Å². The van der Waals surface area contributed by atoms with E-state index < -0.39 is 0 Å². The van der Waals surface area contributed by atoms with E-state index in [9.17, 15) is 4.79 Å². The van der Waals surface area contributed by atoms with E-state index in [0.717, 1.165) is 25.1 Å². The number of benzene rings is 1. The van der Waals surface area contributed by atoms with Gasteiger partial charge >= 0.3 is 5.97 Å². The average Bonchev–Trinajstić information content (AvgIpc) is 2.79. The van der Waals surface area contributed by atoms with Crippen LogP contribution in [0.15, 0.2) is 18.2 Å². The van der Waals surface area contributed by atoms with Crippen LogP contribution >= 0.6 is 0 Å². The minimum Gasteiger partial charge on any atom is -0.482 e. The predicted octanol–water partition coefficient (Wildman–Crippen LogP) is 2.61. The van der Waals surface area contributed by atoms with Gasteiger partial charge in [0.1, 0.15) is 5.75 Å². The molecule has 0 spiro atoms. The van der Waals surface area contributed by atoms with Crippen molar-refractivity contribution in [2.45, 2.75) is 45.8 Å². The maximum absolute atomic E-state index is 11.4. The first-order chi connectivity index (χ1) is 9.60. The van der Waals surface area contributed by atoms with Gasteiger partial charge < -0.3 is 14.8 Å². The third-order valence-corrected chi connectivity index (χ3v) is 3.37. The number of hydrogen-bond acceptors (Lipinski definition) is 4. The highest BCUT2D eigenvalue weighted by Crippen LogP contribution is 2.33. The summed E-state index contributed by atoms with van der Waals surface area (Å²) in [7, 11) is 0. The maximum atomic E-state index is 11.4. The lowest BCUT2D eigenvalue weighted by Gasteiger charge is -2.13. The average molecular weight is 277 g/mol. The Morgan fingerprint density at radius 1 is 1.45 bits per heavy atom. The van der Waals surface area contributed by atoms with Crippen molar-refractivity contribution in [2.24, 2.45) is 0 Å². The number of carbonyl (C=O) groups excluding carboxylic acids is 1. The molecular weight excluding hydrogens is 254 g/mol. The highest BCUT2D eigenvalue weighted by Gasteiger charge is 2.21. The summed E-state index contributed by atoms with van der Waals surface area (Å²) in [5.74, 6) is 0.410. The first-order valence-corrected chi connectivity index (χ1v) is 7.28. The van der Waals surface area contributed by atoms with E-state index in [1.807, 2.05) is 26.0 Å². The topological polar surface area (TPSA) is 47.6 Å². The predicted molar refractivity (Wildman–Crippen MR) is 77.9 cm³/mol. The summed E-state index contributed by atoms with van der Waals surface area (Å²) in [6, 6.07) is 6.51. The quantitative estimate of drug-likeness (QED) is 0.812. The van der Waals surface area contributed by atoms with E-state index in [0.29, 0.717) is 6.04 Å². The summed E-state index contributed by atoms with van der Waals surface area (Å²) in [6.45, 7) is 6.72. The summed E-state index contributed by atoms with van der Waals surface area (Å²) in [6.07, 6.45) is 2.08. The van der Waals surface area contributed by atoms with Gasteiger partial charge in [-0.1, -0.05) is 13.0 Å². The number of esters is 1. The highest BCUT2D eigenvalue weighted by molar-refractivity contribution is 5.71. The molecule has 0 amide bonds. The Balaban J connectivity index is 1.94. The second kappa shape index (κ2) is 6.75. The summed E-state index contributed by atoms with van der Waals surface area (Å²) >= 11 is 0. The number of rotatable bonds is 6. The van der Waals surface area contributed by atoms with Gasteiger partial charge in [0.25, 0.3) is 0 Å². The fourth-order valence-corrected chi connectivity index (χ4v) is 2.58. The molecular formula is C16H23NO3. The molecule has 20 heavy (non-hydrogen) atoms. The molecule has 1 N–H and O–H groups in total. The lowest BCUT2D eigenvalue weighted by molar-refractivity contribution is -0.149. The van der Waals surface area contributed by atoms with Gasteiger partial charge in [-0.3, -0.25) is 0 Å². The number of carbonyl (C=O) groups is 1. The van der Waals surface area contributed by atoms with Crippen molar-refractivity contribution in [3.63, 3.8) is 0 Å². The summed E-state index contributed by atoms with van der Waals surface area (Å²) in [4.78, 5) is 11.4. The lowest BCUT2D eigenvalue weighted by atomic mass is 10.1.